The molecule has 0 rings (SSSR count). The summed E-state index contributed by atoms with van der Waals surface area (Å²) in [7, 11) is 1.65. The lowest BCUT2D eigenvalue weighted by atomic mass is 10.1. The van der Waals surface area contributed by atoms with Crippen LogP contribution < -0.4 is 11.1 Å². The molecule has 0 bridgehead atoms. The number of aliphatic carboxylic acids is 1. The number of hydrogen-bond acceptors (Lipinski definition) is 9. The predicted octanol–water partition coefficient (Wildman–Crippen LogP) is -0.509. The van der Waals surface area contributed by atoms with Crippen LogP contribution in [0.2, 0.25) is 0 Å². The Balaban J connectivity index is -0.000000117. The van der Waals surface area contributed by atoms with Gasteiger partial charge in [0.15, 0.2) is 0 Å². The van der Waals surface area contributed by atoms with Crippen LogP contribution in [0.4, 0.5) is 0 Å². The average Bonchev–Trinajstić information content (AvgIpc) is 2.37. The zero-order valence-corrected chi connectivity index (χ0v) is 11.1. The Morgan fingerprint density at radius 1 is 1.15 bits per heavy atom. The van der Waals surface area contributed by atoms with Crippen molar-refractivity contribution in [3.8, 4) is 0 Å². The van der Waals surface area contributed by atoms with Gasteiger partial charge in [-0.2, -0.15) is 0 Å². The van der Waals surface area contributed by atoms with E-state index < -0.39 is 12.0 Å². The molecule has 0 fully saturated rings. The van der Waals surface area contributed by atoms with Gasteiger partial charge >= 0.3 is 5.97 Å². The highest BCUT2D eigenvalue weighted by molar-refractivity contribution is 5.73. The molecule has 10 nitrogen and oxygen atoms in total. The second kappa shape index (κ2) is 30.0. The van der Waals surface area contributed by atoms with Gasteiger partial charge in [-0.3, -0.25) is 4.79 Å². The first kappa shape index (κ1) is 26.2. The standard InChI is InChI=1S/C7H16N2O2.3CHNO/c1-9-6(7(10)11)4-2-3-5-8;3*2-1-3/h6,9H,2-5,8H2,1H3,(H,10,11);3*2H. The van der Waals surface area contributed by atoms with E-state index in [-0.39, 0.29) is 0 Å². The third kappa shape index (κ3) is 45.1. The van der Waals surface area contributed by atoms with E-state index in [4.69, 9.17) is 41.5 Å². The van der Waals surface area contributed by atoms with Gasteiger partial charge in [-0.15, -0.1) is 0 Å². The Labute approximate surface area is 115 Å². The summed E-state index contributed by atoms with van der Waals surface area (Å²) in [4.78, 5) is 35.5. The first-order chi connectivity index (χ1) is 9.46. The summed E-state index contributed by atoms with van der Waals surface area (Å²) >= 11 is 0. The molecule has 0 amide bonds. The summed E-state index contributed by atoms with van der Waals surface area (Å²) in [6.07, 6.45) is 4.67. The molecule has 114 valence electrons. The Hall–Kier alpha value is -2.47. The molecule has 0 aliphatic carbocycles. The highest BCUT2D eigenvalue weighted by atomic mass is 16.4. The maximum atomic E-state index is 10.4. The van der Waals surface area contributed by atoms with E-state index >= 15 is 0 Å². The van der Waals surface area contributed by atoms with E-state index in [1.165, 1.54) is 0 Å². The minimum absolute atomic E-state index is 0.415. The third-order valence-corrected chi connectivity index (χ3v) is 1.59. The van der Waals surface area contributed by atoms with Crippen LogP contribution in [0.15, 0.2) is 0 Å². The normalized spacial score (nSPS) is 8.30. The van der Waals surface area contributed by atoms with Crippen LogP contribution in [0.3, 0.4) is 0 Å². The number of nitrogens with two attached hydrogens (primary N) is 1. The number of unbranched alkanes of at least 4 members (excludes halogenated alkanes) is 1. The quantitative estimate of drug-likeness (QED) is 0.215. The van der Waals surface area contributed by atoms with Gasteiger partial charge in [0.25, 0.3) is 0 Å². The molecular weight excluding hydrogens is 270 g/mol. The SMILES string of the molecule is CNC(CCCCN)C(=O)O.N=C=O.N=C=O.N=C=O. The molecule has 7 N–H and O–H groups in total. The van der Waals surface area contributed by atoms with Gasteiger partial charge in [-0.25, -0.2) is 30.6 Å². The summed E-state index contributed by atoms with van der Waals surface area (Å²) in [5.74, 6) is -0.787. The summed E-state index contributed by atoms with van der Waals surface area (Å²) in [6.45, 7) is 0.635. The maximum absolute atomic E-state index is 10.4. The average molecular weight is 289 g/mol. The number of carbonyl (C=O) groups excluding carboxylic acids is 3. The largest absolute Gasteiger partial charge is 0.480 e. The molecule has 0 aromatic heterocycles. The van der Waals surface area contributed by atoms with E-state index in [0.29, 0.717) is 13.0 Å². The van der Waals surface area contributed by atoms with Gasteiger partial charge < -0.3 is 16.2 Å². The van der Waals surface area contributed by atoms with Gasteiger partial charge in [-0.1, -0.05) is 6.42 Å². The van der Waals surface area contributed by atoms with Crippen molar-refractivity contribution in [3.05, 3.63) is 0 Å². The van der Waals surface area contributed by atoms with Crippen LogP contribution in [0.25, 0.3) is 0 Å². The molecule has 0 spiro atoms. The first-order valence-corrected chi connectivity index (χ1v) is 5.18. The van der Waals surface area contributed by atoms with Crippen LogP contribution >= 0.6 is 0 Å². The lowest BCUT2D eigenvalue weighted by Crippen LogP contribution is -2.33. The molecule has 10 heteroatoms. The second-order valence-electron chi connectivity index (χ2n) is 2.77. The molecule has 1 unspecified atom stereocenters. The Kier molecular flexibility index (Phi) is 39.2. The topological polar surface area (TPSA) is 198 Å². The Morgan fingerprint density at radius 2 is 1.50 bits per heavy atom. The van der Waals surface area contributed by atoms with Gasteiger partial charge in [-0.05, 0) is 26.4 Å². The molecule has 1 atom stereocenters. The van der Waals surface area contributed by atoms with Crippen LogP contribution in [-0.2, 0) is 19.2 Å². The summed E-state index contributed by atoms with van der Waals surface area (Å²) in [6, 6.07) is -0.415. The van der Waals surface area contributed by atoms with Crippen molar-refractivity contribution < 1.29 is 24.3 Å². The minimum Gasteiger partial charge on any atom is -0.480 e. The van der Waals surface area contributed by atoms with Crippen molar-refractivity contribution in [2.75, 3.05) is 13.6 Å². The first-order valence-electron chi connectivity index (χ1n) is 5.18. The van der Waals surface area contributed by atoms with Crippen LogP contribution in [0.5, 0.6) is 0 Å². The van der Waals surface area contributed by atoms with Crippen molar-refractivity contribution in [3.63, 3.8) is 0 Å². The van der Waals surface area contributed by atoms with Gasteiger partial charge in [0, 0.05) is 0 Å². The number of hydrogen-bond donors (Lipinski definition) is 6. The van der Waals surface area contributed by atoms with E-state index in [2.05, 4.69) is 5.32 Å². The summed E-state index contributed by atoms with van der Waals surface area (Å²) in [5, 5.41) is 27.5. The minimum atomic E-state index is -0.787. The van der Waals surface area contributed by atoms with Gasteiger partial charge in [0.1, 0.15) is 6.04 Å². The van der Waals surface area contributed by atoms with Gasteiger partial charge in [0.2, 0.25) is 18.2 Å². The number of likely N-dealkylation sites (N-methyl/N-ethyl adjacent to an activating group) is 1. The number of carboxylic acids is 1. The summed E-state index contributed by atoms with van der Waals surface area (Å²) < 4.78 is 0. The third-order valence-electron chi connectivity index (χ3n) is 1.59. The van der Waals surface area contributed by atoms with Crippen molar-refractivity contribution in [1.29, 1.82) is 16.2 Å². The van der Waals surface area contributed by atoms with Crippen molar-refractivity contribution >= 4 is 24.2 Å². The van der Waals surface area contributed by atoms with Crippen LogP contribution in [0, 0.1) is 16.2 Å². The molecule has 0 heterocycles. The molecule has 0 radical (unpaired) electrons. The Morgan fingerprint density at radius 3 is 1.70 bits per heavy atom. The van der Waals surface area contributed by atoms with E-state index in [1.807, 2.05) is 0 Å². The van der Waals surface area contributed by atoms with Crippen LogP contribution in [0.1, 0.15) is 19.3 Å². The Bertz CT molecular complexity index is 287. The molecule has 0 saturated heterocycles. The molecular formula is C10H19N5O5. The van der Waals surface area contributed by atoms with Crippen LogP contribution in [-0.4, -0.2) is 48.9 Å². The monoisotopic (exact) mass is 289 g/mol. The molecule has 0 aromatic rings. The highest BCUT2D eigenvalue weighted by Crippen LogP contribution is 1.99. The van der Waals surface area contributed by atoms with Crippen molar-refractivity contribution in [2.24, 2.45) is 5.73 Å². The lowest BCUT2D eigenvalue weighted by Gasteiger charge is -2.09. The number of carbonyl (C=O) groups is 1. The molecule has 20 heavy (non-hydrogen) atoms. The lowest BCUT2D eigenvalue weighted by molar-refractivity contribution is -0.139. The number of nitrogens with one attached hydrogen (secondary N) is 4. The molecule has 0 aliphatic rings. The van der Waals surface area contributed by atoms with E-state index in [1.54, 1.807) is 7.05 Å². The van der Waals surface area contributed by atoms with Crippen molar-refractivity contribution in [2.45, 2.75) is 25.3 Å². The number of rotatable bonds is 6. The highest BCUT2D eigenvalue weighted by Gasteiger charge is 2.12. The zero-order valence-electron chi connectivity index (χ0n) is 11.1. The second-order valence-corrected chi connectivity index (χ2v) is 2.77. The fourth-order valence-electron chi connectivity index (χ4n) is 0.884. The predicted molar refractivity (Wildman–Crippen MR) is 68.6 cm³/mol. The molecule has 0 saturated carbocycles. The molecule has 0 aromatic carbocycles. The van der Waals surface area contributed by atoms with Gasteiger partial charge in [0.05, 0.1) is 0 Å². The van der Waals surface area contributed by atoms with E-state index in [0.717, 1.165) is 31.1 Å². The van der Waals surface area contributed by atoms with E-state index in [9.17, 15) is 4.79 Å². The maximum Gasteiger partial charge on any atom is 0.320 e. The number of carboxylic acid groups (broad SMARTS) is 1. The number of isocyanates is 3. The van der Waals surface area contributed by atoms with Crippen molar-refractivity contribution in [1.82, 2.24) is 5.32 Å². The summed E-state index contributed by atoms with van der Waals surface area (Å²) in [5.41, 5.74) is 5.26. The fraction of sp³-hybridized carbons (Fsp3) is 0.600. The zero-order chi connectivity index (χ0) is 16.8. The fourth-order valence-corrected chi connectivity index (χ4v) is 0.884. The smallest absolute Gasteiger partial charge is 0.320 e. The molecule has 0 aliphatic heterocycles.